The standard InChI is InChI=1S/2C4H9O2P.Al.H/c2*1-4(2)3-7(5)6;;/h2*3-4H,1-2H3,(H,5,6);;/q2*+1;;. The van der Waals surface area contributed by atoms with Crippen LogP contribution in [-0.2, 0) is 9.13 Å². The van der Waals surface area contributed by atoms with Crippen molar-refractivity contribution in [2.75, 3.05) is 0 Å². The fraction of sp³-hybridized carbons (Fsp3) is 1.00. The summed E-state index contributed by atoms with van der Waals surface area (Å²) < 4.78 is 21.8. The topological polar surface area (TPSA) is 74.6 Å². The van der Waals surface area contributed by atoms with Crippen molar-refractivity contribution >= 4 is 31.3 Å². The second kappa shape index (κ2) is 7.07. The third kappa shape index (κ3) is 5.50. The molecule has 0 aromatic carbocycles. The Morgan fingerprint density at radius 2 is 1.13 bits per heavy atom. The number of rotatable bonds is 6. The minimum absolute atomic E-state index is 0.112. The average molecular weight is 268 g/mol. The fourth-order valence-corrected chi connectivity index (χ4v) is 7.39. The second-order valence-electron chi connectivity index (χ2n) is 4.46. The summed E-state index contributed by atoms with van der Waals surface area (Å²) in [6.07, 6.45) is 0. The normalized spacial score (nSPS) is 17.6. The first-order valence-corrected chi connectivity index (χ1v) is 9.27. The second-order valence-corrected chi connectivity index (χ2v) is 10.6. The van der Waals surface area contributed by atoms with Crippen molar-refractivity contribution in [3.05, 3.63) is 0 Å². The van der Waals surface area contributed by atoms with Gasteiger partial charge in [-0.2, -0.15) is 9.79 Å². The van der Waals surface area contributed by atoms with Crippen LogP contribution in [0.5, 0.6) is 0 Å². The van der Waals surface area contributed by atoms with E-state index in [4.69, 9.17) is 9.79 Å². The van der Waals surface area contributed by atoms with Gasteiger partial charge in [-0.15, -0.1) is 0 Å². The predicted octanol–water partition coefficient (Wildman–Crippen LogP) is 1.86. The summed E-state index contributed by atoms with van der Waals surface area (Å²) in [5.41, 5.74) is 0. The van der Waals surface area contributed by atoms with Crippen LogP contribution in [0.25, 0.3) is 0 Å². The smallest absolute Gasteiger partial charge is 0.162 e. The zero-order chi connectivity index (χ0) is 12.2. The fourth-order valence-electron chi connectivity index (χ4n) is 1.48. The molecule has 0 bridgehead atoms. The average Bonchev–Trinajstić information content (AvgIpc) is 2.01. The molecule has 4 atom stereocenters. The highest BCUT2D eigenvalue weighted by Crippen LogP contribution is 2.35. The summed E-state index contributed by atoms with van der Waals surface area (Å²) in [6.45, 7) is 7.57. The molecule has 0 aliphatic heterocycles. The van der Waals surface area contributed by atoms with E-state index in [1.165, 1.54) is 0 Å². The maximum Gasteiger partial charge on any atom is 0.492 e. The third-order valence-corrected chi connectivity index (χ3v) is 10.9. The summed E-state index contributed by atoms with van der Waals surface area (Å²) in [7, 11) is -4.43. The van der Waals surface area contributed by atoms with Gasteiger partial charge in [0.05, 0.1) is 0 Å². The summed E-state index contributed by atoms with van der Waals surface area (Å²) in [4.78, 5) is 18.3. The molecule has 0 amide bonds. The van der Waals surface area contributed by atoms with Crippen molar-refractivity contribution in [3.63, 3.8) is 0 Å². The Labute approximate surface area is 98.9 Å². The molecule has 7 heteroatoms. The van der Waals surface area contributed by atoms with Crippen LogP contribution in [0.1, 0.15) is 27.7 Å². The first kappa shape index (κ1) is 15.7. The van der Waals surface area contributed by atoms with Crippen LogP contribution >= 0.6 is 16.1 Å². The highest BCUT2D eigenvalue weighted by molar-refractivity contribution is 7.45. The quantitative estimate of drug-likeness (QED) is 0.569. The molecular formula is C8H19AlO4P2+2. The Morgan fingerprint density at radius 3 is 1.27 bits per heavy atom. The maximum absolute atomic E-state index is 11.1. The monoisotopic (exact) mass is 268 g/mol. The van der Waals surface area contributed by atoms with Crippen LogP contribution in [0.15, 0.2) is 0 Å². The van der Waals surface area contributed by atoms with Crippen LogP contribution < -0.4 is 0 Å². The van der Waals surface area contributed by atoms with Crippen LogP contribution in [-0.4, -0.2) is 34.0 Å². The molecular weight excluding hydrogens is 249 g/mol. The largest absolute Gasteiger partial charge is 0.492 e. The summed E-state index contributed by atoms with van der Waals surface area (Å²) >= 11 is -1.02. The van der Waals surface area contributed by atoms with Gasteiger partial charge in [-0.05, 0) is 21.0 Å². The molecule has 0 aromatic rings. The van der Waals surface area contributed by atoms with Crippen LogP contribution in [0, 0.1) is 11.8 Å². The van der Waals surface area contributed by atoms with Crippen LogP contribution in [0.3, 0.4) is 0 Å². The summed E-state index contributed by atoms with van der Waals surface area (Å²) in [6, 6.07) is 0. The van der Waals surface area contributed by atoms with Crippen molar-refractivity contribution in [2.45, 2.75) is 36.7 Å². The van der Waals surface area contributed by atoms with E-state index < -0.39 is 31.3 Å². The molecule has 0 fully saturated rings. The molecule has 15 heavy (non-hydrogen) atoms. The predicted molar refractivity (Wildman–Crippen MR) is 64.1 cm³/mol. The molecule has 4 nitrogen and oxygen atoms in total. The SMILES string of the molecule is CC(C)[CH]([AlH][CH](C(C)C)[P+](=O)O)[P+](=O)O. The van der Waals surface area contributed by atoms with E-state index >= 15 is 0 Å². The lowest BCUT2D eigenvalue weighted by molar-refractivity contribution is 0.479. The van der Waals surface area contributed by atoms with E-state index in [1.54, 1.807) is 0 Å². The van der Waals surface area contributed by atoms with Gasteiger partial charge in [0.25, 0.3) is 0 Å². The van der Waals surface area contributed by atoms with Gasteiger partial charge in [0.1, 0.15) is 9.04 Å². The maximum atomic E-state index is 11.1. The lowest BCUT2D eigenvalue weighted by Gasteiger charge is -2.10. The molecule has 0 aliphatic rings. The lowest BCUT2D eigenvalue weighted by atomic mass is 10.2. The van der Waals surface area contributed by atoms with Crippen LogP contribution in [0.2, 0.25) is 0 Å². The third-order valence-electron chi connectivity index (χ3n) is 2.59. The molecule has 0 radical (unpaired) electrons. The molecule has 0 heterocycles. The molecule has 0 rings (SSSR count). The first-order chi connectivity index (χ1) is 6.77. The van der Waals surface area contributed by atoms with E-state index in [9.17, 15) is 9.13 Å². The van der Waals surface area contributed by atoms with Gasteiger partial charge in [0.15, 0.2) is 0 Å². The Hall–Kier alpha value is 0.652. The Kier molecular flexibility index (Phi) is 7.38. The highest BCUT2D eigenvalue weighted by atomic mass is 31.1. The van der Waals surface area contributed by atoms with Gasteiger partial charge in [-0.3, -0.25) is 0 Å². The van der Waals surface area contributed by atoms with Gasteiger partial charge in [-0.25, -0.2) is 0 Å². The first-order valence-electron chi connectivity index (χ1n) is 5.07. The highest BCUT2D eigenvalue weighted by Gasteiger charge is 2.45. The van der Waals surface area contributed by atoms with E-state index in [1.807, 2.05) is 27.7 Å². The molecule has 2 N–H and O–H groups in total. The summed E-state index contributed by atoms with van der Waals surface area (Å²) in [5.74, 6) is 0.225. The number of hydrogen-bond donors (Lipinski definition) is 2. The molecule has 0 saturated carbocycles. The molecule has 4 unspecified atom stereocenters. The Bertz CT molecular complexity index is 221. The molecule has 0 spiro atoms. The Balaban J connectivity index is 4.62. The van der Waals surface area contributed by atoms with Crippen molar-refractivity contribution in [1.29, 1.82) is 0 Å². The van der Waals surface area contributed by atoms with Gasteiger partial charge in [0.2, 0.25) is 0 Å². The zero-order valence-corrected chi connectivity index (χ0v) is 12.8. The van der Waals surface area contributed by atoms with Crippen molar-refractivity contribution in [1.82, 2.24) is 0 Å². The zero-order valence-electron chi connectivity index (χ0n) is 9.62. The van der Waals surface area contributed by atoms with Gasteiger partial charge in [0, 0.05) is 0 Å². The van der Waals surface area contributed by atoms with Gasteiger partial charge < -0.3 is 0 Å². The van der Waals surface area contributed by atoms with Gasteiger partial charge in [-0.1, -0.05) is 27.7 Å². The van der Waals surface area contributed by atoms with E-state index in [-0.39, 0.29) is 20.9 Å². The number of hydrogen-bond acceptors (Lipinski definition) is 2. The van der Waals surface area contributed by atoms with Crippen LogP contribution in [0.4, 0.5) is 0 Å². The van der Waals surface area contributed by atoms with Gasteiger partial charge >= 0.3 is 31.3 Å². The molecule has 0 aliphatic carbocycles. The molecule has 0 saturated heterocycles. The molecule has 86 valence electrons. The van der Waals surface area contributed by atoms with E-state index in [0.717, 1.165) is 0 Å². The Morgan fingerprint density at radius 1 is 0.867 bits per heavy atom. The van der Waals surface area contributed by atoms with Crippen molar-refractivity contribution in [2.24, 2.45) is 11.8 Å². The minimum atomic E-state index is -2.21. The van der Waals surface area contributed by atoms with E-state index in [2.05, 4.69) is 0 Å². The summed E-state index contributed by atoms with van der Waals surface area (Å²) in [5, 5.41) is 0. The lowest BCUT2D eigenvalue weighted by Crippen LogP contribution is -2.31. The minimum Gasteiger partial charge on any atom is -0.162 e. The van der Waals surface area contributed by atoms with Crippen molar-refractivity contribution in [3.8, 4) is 0 Å². The van der Waals surface area contributed by atoms with Crippen molar-refractivity contribution < 1.29 is 18.9 Å². The molecule has 0 aromatic heterocycles. The van der Waals surface area contributed by atoms with E-state index in [0.29, 0.717) is 0 Å².